The van der Waals surface area contributed by atoms with Gasteiger partial charge in [-0.15, -0.1) is 0 Å². The van der Waals surface area contributed by atoms with Gasteiger partial charge in [0.05, 0.1) is 10.0 Å². The normalized spacial score (nSPS) is 10.8. The first-order valence-corrected chi connectivity index (χ1v) is 6.38. The zero-order chi connectivity index (χ0) is 13.4. The summed E-state index contributed by atoms with van der Waals surface area (Å²) in [6.45, 7) is 0. The Bertz CT molecular complexity index is 782. The summed E-state index contributed by atoms with van der Waals surface area (Å²) in [7, 11) is 0. The van der Waals surface area contributed by atoms with Crippen molar-refractivity contribution < 1.29 is 9.18 Å². The van der Waals surface area contributed by atoms with Crippen LogP contribution in [-0.2, 0) is 0 Å². The number of carbonyl (C=O) groups excluding carboxylic acids is 1. The minimum absolute atomic E-state index is 0.0409. The Morgan fingerprint density at radius 2 is 2.05 bits per heavy atom. The van der Waals surface area contributed by atoms with Crippen molar-refractivity contribution >= 4 is 32.7 Å². The molecule has 2 heterocycles. The molecule has 1 aromatic carbocycles. The van der Waals surface area contributed by atoms with E-state index in [2.05, 4.69) is 25.9 Å². The Labute approximate surface area is 116 Å². The molecule has 94 valence electrons. The summed E-state index contributed by atoms with van der Waals surface area (Å²) < 4.78 is 14.2. The van der Waals surface area contributed by atoms with Gasteiger partial charge >= 0.3 is 0 Å². The number of aromatic nitrogens is 2. The van der Waals surface area contributed by atoms with E-state index in [0.29, 0.717) is 16.6 Å². The maximum Gasteiger partial charge on any atom is 0.198 e. The molecule has 0 unspecified atom stereocenters. The van der Waals surface area contributed by atoms with Crippen molar-refractivity contribution in [2.45, 2.75) is 0 Å². The molecule has 19 heavy (non-hydrogen) atoms. The molecule has 0 aliphatic carbocycles. The van der Waals surface area contributed by atoms with Crippen LogP contribution in [0.25, 0.3) is 11.0 Å². The summed E-state index contributed by atoms with van der Waals surface area (Å²) in [4.78, 5) is 19.4. The van der Waals surface area contributed by atoms with Crippen LogP contribution in [-0.4, -0.2) is 15.8 Å². The van der Waals surface area contributed by atoms with Crippen molar-refractivity contribution in [3.63, 3.8) is 0 Å². The van der Waals surface area contributed by atoms with E-state index >= 15 is 0 Å². The van der Waals surface area contributed by atoms with E-state index in [1.807, 2.05) is 0 Å². The second kappa shape index (κ2) is 4.59. The van der Waals surface area contributed by atoms with Crippen molar-refractivity contribution in [3.8, 4) is 0 Å². The van der Waals surface area contributed by atoms with Gasteiger partial charge in [0, 0.05) is 23.3 Å². The monoisotopic (exact) mass is 318 g/mol. The minimum Gasteiger partial charge on any atom is -0.345 e. The van der Waals surface area contributed by atoms with Crippen LogP contribution < -0.4 is 0 Å². The molecule has 0 aliphatic heterocycles. The smallest absolute Gasteiger partial charge is 0.198 e. The molecule has 3 rings (SSSR count). The lowest BCUT2D eigenvalue weighted by molar-refractivity contribution is 0.103. The van der Waals surface area contributed by atoms with Gasteiger partial charge in [0.2, 0.25) is 0 Å². The molecule has 0 saturated carbocycles. The van der Waals surface area contributed by atoms with Crippen molar-refractivity contribution in [2.24, 2.45) is 0 Å². The Hall–Kier alpha value is -2.01. The number of aromatic amines is 1. The van der Waals surface area contributed by atoms with Gasteiger partial charge in [-0.2, -0.15) is 0 Å². The maximum absolute atomic E-state index is 14.0. The van der Waals surface area contributed by atoms with Crippen LogP contribution in [0.5, 0.6) is 0 Å². The molecule has 0 radical (unpaired) electrons. The lowest BCUT2D eigenvalue weighted by Gasteiger charge is -2.02. The fraction of sp³-hybridized carbons (Fsp3) is 0. The van der Waals surface area contributed by atoms with E-state index in [0.717, 1.165) is 0 Å². The molecule has 2 aromatic heterocycles. The topological polar surface area (TPSA) is 45.8 Å². The summed E-state index contributed by atoms with van der Waals surface area (Å²) in [5, 5.41) is 0.687. The van der Waals surface area contributed by atoms with Crippen molar-refractivity contribution in [1.29, 1.82) is 0 Å². The standard InChI is InChI=1S/C14H8BrFN2O/c15-11-5-1-3-9(12(11)16)13(19)10-7-18-14-8(10)4-2-6-17-14/h1-7H,(H,17,18). The summed E-state index contributed by atoms with van der Waals surface area (Å²) in [6.07, 6.45) is 3.19. The SMILES string of the molecule is O=C(c1cccc(Br)c1F)c1c[nH]c2ncccc12. The first kappa shape index (κ1) is 12.0. The first-order valence-electron chi connectivity index (χ1n) is 5.59. The molecule has 1 N–H and O–H groups in total. The van der Waals surface area contributed by atoms with Crippen LogP contribution in [0.2, 0.25) is 0 Å². The van der Waals surface area contributed by atoms with Gasteiger partial charge in [0.25, 0.3) is 0 Å². The van der Waals surface area contributed by atoms with Gasteiger partial charge in [-0.05, 0) is 40.2 Å². The lowest BCUT2D eigenvalue weighted by atomic mass is 10.0. The Balaban J connectivity index is 2.17. The summed E-state index contributed by atoms with van der Waals surface area (Å²) >= 11 is 3.08. The number of halogens is 2. The highest BCUT2D eigenvalue weighted by Crippen LogP contribution is 2.24. The van der Waals surface area contributed by atoms with Crippen molar-refractivity contribution in [3.05, 3.63) is 64.1 Å². The second-order valence-corrected chi connectivity index (χ2v) is 4.89. The molecule has 5 heteroatoms. The average molecular weight is 319 g/mol. The maximum atomic E-state index is 14.0. The van der Waals surface area contributed by atoms with E-state index in [9.17, 15) is 9.18 Å². The van der Waals surface area contributed by atoms with Crippen LogP contribution in [0.3, 0.4) is 0 Å². The second-order valence-electron chi connectivity index (χ2n) is 4.03. The van der Waals surface area contributed by atoms with Gasteiger partial charge in [-0.1, -0.05) is 6.07 Å². The molecule has 0 amide bonds. The highest BCUT2D eigenvalue weighted by molar-refractivity contribution is 9.10. The summed E-state index contributed by atoms with van der Waals surface area (Å²) in [5.41, 5.74) is 1.07. The highest BCUT2D eigenvalue weighted by atomic mass is 79.9. The van der Waals surface area contributed by atoms with E-state index in [-0.39, 0.29) is 15.8 Å². The number of nitrogens with one attached hydrogen (secondary N) is 1. The molecule has 0 fully saturated rings. The number of carbonyl (C=O) groups is 1. The van der Waals surface area contributed by atoms with Crippen LogP contribution in [0.1, 0.15) is 15.9 Å². The molecule has 0 spiro atoms. The molecular weight excluding hydrogens is 311 g/mol. The lowest BCUT2D eigenvalue weighted by Crippen LogP contribution is -2.04. The largest absolute Gasteiger partial charge is 0.345 e. The fourth-order valence-corrected chi connectivity index (χ4v) is 2.33. The summed E-state index contributed by atoms with van der Waals surface area (Å²) in [6, 6.07) is 8.18. The number of hydrogen-bond acceptors (Lipinski definition) is 2. The number of benzene rings is 1. The van der Waals surface area contributed by atoms with Gasteiger partial charge < -0.3 is 4.98 Å². The average Bonchev–Trinajstić information content (AvgIpc) is 2.85. The third-order valence-electron chi connectivity index (χ3n) is 2.89. The number of H-pyrrole nitrogens is 1. The van der Waals surface area contributed by atoms with E-state index in [1.54, 1.807) is 36.7 Å². The fourth-order valence-electron chi connectivity index (χ4n) is 1.97. The van der Waals surface area contributed by atoms with Gasteiger partial charge in [-0.25, -0.2) is 9.37 Å². The van der Waals surface area contributed by atoms with Crippen molar-refractivity contribution in [1.82, 2.24) is 9.97 Å². The van der Waals surface area contributed by atoms with Gasteiger partial charge in [0.1, 0.15) is 11.5 Å². The van der Waals surface area contributed by atoms with E-state index < -0.39 is 5.82 Å². The predicted molar refractivity (Wildman–Crippen MR) is 73.6 cm³/mol. The summed E-state index contributed by atoms with van der Waals surface area (Å²) in [5.74, 6) is -0.913. The quantitative estimate of drug-likeness (QED) is 0.732. The van der Waals surface area contributed by atoms with Crippen molar-refractivity contribution in [2.75, 3.05) is 0 Å². The molecule has 0 atom stereocenters. The van der Waals surface area contributed by atoms with Crippen LogP contribution in [0.4, 0.5) is 4.39 Å². The zero-order valence-corrected chi connectivity index (χ0v) is 11.2. The molecule has 0 saturated heterocycles. The van der Waals surface area contributed by atoms with Gasteiger partial charge in [0.15, 0.2) is 5.78 Å². The van der Waals surface area contributed by atoms with Gasteiger partial charge in [-0.3, -0.25) is 4.79 Å². The van der Waals surface area contributed by atoms with Crippen LogP contribution >= 0.6 is 15.9 Å². The number of hydrogen-bond donors (Lipinski definition) is 1. The van der Waals surface area contributed by atoms with E-state index in [1.165, 1.54) is 6.07 Å². The molecule has 0 aliphatic rings. The number of ketones is 1. The molecule has 3 aromatic rings. The van der Waals surface area contributed by atoms with Crippen LogP contribution in [0, 0.1) is 5.82 Å². The number of pyridine rings is 1. The minimum atomic E-state index is -0.550. The predicted octanol–water partition coefficient (Wildman–Crippen LogP) is 3.70. The Morgan fingerprint density at radius 3 is 2.89 bits per heavy atom. The number of rotatable bonds is 2. The number of nitrogens with zero attached hydrogens (tertiary/aromatic N) is 1. The first-order chi connectivity index (χ1) is 9.18. The highest BCUT2D eigenvalue weighted by Gasteiger charge is 2.19. The number of fused-ring (bicyclic) bond motifs is 1. The molecular formula is C14H8BrFN2O. The molecule has 0 bridgehead atoms. The van der Waals surface area contributed by atoms with E-state index in [4.69, 9.17) is 0 Å². The zero-order valence-electron chi connectivity index (χ0n) is 9.65. The molecule has 3 nitrogen and oxygen atoms in total. The Morgan fingerprint density at radius 1 is 1.21 bits per heavy atom. The third kappa shape index (κ3) is 1.96. The third-order valence-corrected chi connectivity index (χ3v) is 3.50. The van der Waals surface area contributed by atoms with Crippen LogP contribution in [0.15, 0.2) is 47.2 Å². The Kier molecular flexibility index (Phi) is 2.91.